The number of nitrogens with one attached hydrogen (secondary N) is 1. The van der Waals surface area contributed by atoms with Crippen LogP contribution >= 0.6 is 0 Å². The SMILES string of the molecule is COCc1cccc(CNS(=O)(=O)c2ccc3c(c2)OCCCO3)c1. The van der Waals surface area contributed by atoms with Crippen LogP contribution < -0.4 is 14.2 Å². The molecule has 1 N–H and O–H groups in total. The van der Waals surface area contributed by atoms with Gasteiger partial charge in [-0.2, -0.15) is 0 Å². The van der Waals surface area contributed by atoms with Gasteiger partial charge in [0.15, 0.2) is 11.5 Å². The van der Waals surface area contributed by atoms with Gasteiger partial charge in [0.25, 0.3) is 0 Å². The van der Waals surface area contributed by atoms with E-state index in [1.54, 1.807) is 13.2 Å². The lowest BCUT2D eigenvalue weighted by atomic mass is 10.1. The van der Waals surface area contributed by atoms with Crippen molar-refractivity contribution in [2.45, 2.75) is 24.5 Å². The summed E-state index contributed by atoms with van der Waals surface area (Å²) in [7, 11) is -2.02. The van der Waals surface area contributed by atoms with E-state index in [4.69, 9.17) is 14.2 Å². The fraction of sp³-hybridized carbons (Fsp3) is 0.333. The lowest BCUT2D eigenvalue weighted by Crippen LogP contribution is -2.23. The number of rotatable bonds is 6. The summed E-state index contributed by atoms with van der Waals surface area (Å²) in [6, 6.07) is 12.3. The normalized spacial score (nSPS) is 14.1. The molecule has 2 aromatic rings. The molecule has 25 heavy (non-hydrogen) atoms. The number of ether oxygens (including phenoxy) is 3. The minimum Gasteiger partial charge on any atom is -0.490 e. The van der Waals surface area contributed by atoms with Crippen LogP contribution in [0.4, 0.5) is 0 Å². The second kappa shape index (κ2) is 7.86. The summed E-state index contributed by atoms with van der Waals surface area (Å²) >= 11 is 0. The molecule has 0 spiro atoms. The van der Waals surface area contributed by atoms with Gasteiger partial charge in [0.05, 0.1) is 24.7 Å². The Morgan fingerprint density at radius 3 is 2.60 bits per heavy atom. The molecule has 3 rings (SSSR count). The Hall–Kier alpha value is -2.09. The average molecular weight is 363 g/mol. The Morgan fingerprint density at radius 2 is 1.80 bits per heavy atom. The fourth-order valence-electron chi connectivity index (χ4n) is 2.57. The Morgan fingerprint density at radius 1 is 1.04 bits per heavy atom. The van der Waals surface area contributed by atoms with Gasteiger partial charge in [-0.1, -0.05) is 24.3 Å². The summed E-state index contributed by atoms with van der Waals surface area (Å²) in [5.74, 6) is 1.03. The van der Waals surface area contributed by atoms with E-state index in [9.17, 15) is 8.42 Å². The molecule has 0 aromatic heterocycles. The number of methoxy groups -OCH3 is 1. The zero-order valence-electron chi connectivity index (χ0n) is 14.0. The van der Waals surface area contributed by atoms with Crippen molar-refractivity contribution in [1.82, 2.24) is 4.72 Å². The molecule has 6 nitrogen and oxygen atoms in total. The molecular formula is C18H21NO5S. The Bertz CT molecular complexity index is 835. The van der Waals surface area contributed by atoms with Crippen molar-refractivity contribution in [2.24, 2.45) is 0 Å². The molecule has 134 valence electrons. The van der Waals surface area contributed by atoms with Crippen LogP contribution in [0, 0.1) is 0 Å². The van der Waals surface area contributed by atoms with E-state index in [0.29, 0.717) is 31.3 Å². The topological polar surface area (TPSA) is 73.9 Å². The van der Waals surface area contributed by atoms with Crippen molar-refractivity contribution in [3.8, 4) is 11.5 Å². The molecule has 0 radical (unpaired) electrons. The molecule has 1 aliphatic rings. The maximum Gasteiger partial charge on any atom is 0.241 e. The summed E-state index contributed by atoms with van der Waals surface area (Å²) < 4.78 is 43.9. The smallest absolute Gasteiger partial charge is 0.241 e. The molecule has 0 atom stereocenters. The van der Waals surface area contributed by atoms with Crippen LogP contribution in [0.2, 0.25) is 0 Å². The Kier molecular flexibility index (Phi) is 5.57. The van der Waals surface area contributed by atoms with Crippen molar-refractivity contribution < 1.29 is 22.6 Å². The monoisotopic (exact) mass is 363 g/mol. The summed E-state index contributed by atoms with van der Waals surface area (Å²) in [6.07, 6.45) is 0.771. The first kappa shape index (κ1) is 17.7. The molecule has 0 saturated heterocycles. The second-order valence-corrected chi connectivity index (χ2v) is 7.50. The first-order chi connectivity index (χ1) is 12.1. The maximum atomic E-state index is 12.6. The van der Waals surface area contributed by atoms with Crippen LogP contribution in [-0.2, 0) is 27.9 Å². The standard InChI is InChI=1S/C18H21NO5S/c1-22-13-15-5-2-4-14(10-15)12-19-25(20,21)16-6-7-17-18(11-16)24-9-3-8-23-17/h2,4-7,10-11,19H,3,8-9,12-13H2,1H3. The third-order valence-corrected chi connectivity index (χ3v) is 5.20. The number of fused-ring (bicyclic) bond motifs is 1. The Labute approximate surface area is 147 Å². The molecule has 0 bridgehead atoms. The van der Waals surface area contributed by atoms with Gasteiger partial charge in [0.1, 0.15) is 0 Å². The predicted molar refractivity (Wildman–Crippen MR) is 93.2 cm³/mol. The van der Waals surface area contributed by atoms with Crippen LogP contribution in [0.15, 0.2) is 47.4 Å². The van der Waals surface area contributed by atoms with Gasteiger partial charge in [0, 0.05) is 26.1 Å². The molecule has 0 aliphatic carbocycles. The fourth-order valence-corrected chi connectivity index (χ4v) is 3.60. The van der Waals surface area contributed by atoms with E-state index < -0.39 is 10.0 Å². The molecular weight excluding hydrogens is 342 g/mol. The molecule has 0 amide bonds. The second-order valence-electron chi connectivity index (χ2n) is 5.74. The van der Waals surface area contributed by atoms with Gasteiger partial charge in [0.2, 0.25) is 10.0 Å². The van der Waals surface area contributed by atoms with Gasteiger partial charge in [-0.3, -0.25) is 0 Å². The van der Waals surface area contributed by atoms with E-state index in [1.807, 2.05) is 24.3 Å². The summed E-state index contributed by atoms with van der Waals surface area (Å²) in [4.78, 5) is 0.157. The first-order valence-corrected chi connectivity index (χ1v) is 9.53. The minimum atomic E-state index is -3.65. The van der Waals surface area contributed by atoms with Crippen molar-refractivity contribution in [3.63, 3.8) is 0 Å². The zero-order valence-corrected chi connectivity index (χ0v) is 14.8. The van der Waals surface area contributed by atoms with E-state index >= 15 is 0 Å². The highest BCUT2D eigenvalue weighted by Gasteiger charge is 2.18. The number of hydrogen-bond donors (Lipinski definition) is 1. The third kappa shape index (κ3) is 4.50. The van der Waals surface area contributed by atoms with E-state index in [0.717, 1.165) is 17.5 Å². The number of sulfonamides is 1. The molecule has 7 heteroatoms. The van der Waals surface area contributed by atoms with Gasteiger partial charge in [-0.25, -0.2) is 13.1 Å². The van der Waals surface area contributed by atoms with Crippen molar-refractivity contribution in [2.75, 3.05) is 20.3 Å². The quantitative estimate of drug-likeness (QED) is 0.853. The average Bonchev–Trinajstić information content (AvgIpc) is 2.85. The molecule has 0 unspecified atom stereocenters. The number of benzene rings is 2. The largest absolute Gasteiger partial charge is 0.490 e. The van der Waals surface area contributed by atoms with Gasteiger partial charge in [-0.05, 0) is 23.3 Å². The highest BCUT2D eigenvalue weighted by atomic mass is 32.2. The van der Waals surface area contributed by atoms with Crippen LogP contribution in [0.5, 0.6) is 11.5 Å². The van der Waals surface area contributed by atoms with Crippen LogP contribution in [0.3, 0.4) is 0 Å². The number of hydrogen-bond acceptors (Lipinski definition) is 5. The minimum absolute atomic E-state index is 0.157. The van der Waals surface area contributed by atoms with Gasteiger partial charge < -0.3 is 14.2 Å². The zero-order chi connectivity index (χ0) is 17.7. The van der Waals surface area contributed by atoms with E-state index in [2.05, 4.69) is 4.72 Å². The lowest BCUT2D eigenvalue weighted by Gasteiger charge is -2.11. The third-order valence-electron chi connectivity index (χ3n) is 3.80. The van der Waals surface area contributed by atoms with Crippen LogP contribution in [-0.4, -0.2) is 28.7 Å². The highest BCUT2D eigenvalue weighted by Crippen LogP contribution is 2.31. The summed E-state index contributed by atoms with van der Waals surface area (Å²) in [6.45, 7) is 1.77. The van der Waals surface area contributed by atoms with Gasteiger partial charge >= 0.3 is 0 Å². The summed E-state index contributed by atoms with van der Waals surface area (Å²) in [5.41, 5.74) is 1.86. The molecule has 1 heterocycles. The molecule has 0 saturated carbocycles. The van der Waals surface area contributed by atoms with Crippen molar-refractivity contribution in [1.29, 1.82) is 0 Å². The molecule has 0 fully saturated rings. The predicted octanol–water partition coefficient (Wildman–Crippen LogP) is 2.47. The van der Waals surface area contributed by atoms with E-state index in [1.165, 1.54) is 12.1 Å². The highest BCUT2D eigenvalue weighted by molar-refractivity contribution is 7.89. The molecule has 1 aliphatic heterocycles. The maximum absolute atomic E-state index is 12.6. The van der Waals surface area contributed by atoms with Crippen molar-refractivity contribution >= 4 is 10.0 Å². The Balaban J connectivity index is 1.73. The van der Waals surface area contributed by atoms with Crippen LogP contribution in [0.25, 0.3) is 0 Å². The van der Waals surface area contributed by atoms with Gasteiger partial charge in [-0.15, -0.1) is 0 Å². The van der Waals surface area contributed by atoms with E-state index in [-0.39, 0.29) is 11.4 Å². The van der Waals surface area contributed by atoms with Crippen molar-refractivity contribution in [3.05, 3.63) is 53.6 Å². The summed E-state index contributed by atoms with van der Waals surface area (Å²) in [5, 5.41) is 0. The lowest BCUT2D eigenvalue weighted by molar-refractivity contribution is 0.185. The first-order valence-electron chi connectivity index (χ1n) is 8.04. The molecule has 2 aromatic carbocycles. The van der Waals surface area contributed by atoms with Crippen LogP contribution in [0.1, 0.15) is 17.5 Å².